The van der Waals surface area contributed by atoms with Crippen LogP contribution in [-0.4, -0.2) is 44.8 Å². The molecular formula is C24H26N4O2. The maximum Gasteiger partial charge on any atom is 0.321 e. The van der Waals surface area contributed by atoms with E-state index in [2.05, 4.69) is 14.9 Å². The van der Waals surface area contributed by atoms with Crippen molar-refractivity contribution in [3.63, 3.8) is 0 Å². The molecule has 1 saturated heterocycles. The van der Waals surface area contributed by atoms with Gasteiger partial charge in [0.2, 0.25) is 0 Å². The molecule has 2 fully saturated rings. The Morgan fingerprint density at radius 3 is 2.37 bits per heavy atom. The molecule has 0 spiro atoms. The summed E-state index contributed by atoms with van der Waals surface area (Å²) in [5, 5.41) is 13.9. The number of aliphatic hydroxyl groups excluding tert-OH is 1. The molecule has 6 heteroatoms. The highest BCUT2D eigenvalue weighted by atomic mass is 16.3. The summed E-state index contributed by atoms with van der Waals surface area (Å²) in [6, 6.07) is 19.5. The molecule has 1 aromatic heterocycles. The fraction of sp³-hybridized carbons (Fsp3) is 0.333. The van der Waals surface area contributed by atoms with Crippen molar-refractivity contribution in [2.75, 3.05) is 18.4 Å². The molecular weight excluding hydrogens is 376 g/mol. The van der Waals surface area contributed by atoms with Gasteiger partial charge in [-0.25, -0.2) is 9.78 Å². The normalized spacial score (nSPS) is 25.7. The summed E-state index contributed by atoms with van der Waals surface area (Å²) >= 11 is 0. The van der Waals surface area contributed by atoms with E-state index in [-0.39, 0.29) is 12.1 Å². The summed E-state index contributed by atoms with van der Waals surface area (Å²) in [5.74, 6) is 1.60. The van der Waals surface area contributed by atoms with Gasteiger partial charge in [-0.2, -0.15) is 0 Å². The van der Waals surface area contributed by atoms with Crippen LogP contribution in [0.1, 0.15) is 18.9 Å². The summed E-state index contributed by atoms with van der Waals surface area (Å²) in [7, 11) is 0. The molecule has 1 saturated carbocycles. The molecule has 30 heavy (non-hydrogen) atoms. The number of benzene rings is 2. The molecule has 4 atom stereocenters. The van der Waals surface area contributed by atoms with Crippen LogP contribution in [0.25, 0.3) is 11.4 Å². The monoisotopic (exact) mass is 402 g/mol. The minimum absolute atomic E-state index is 0.0268. The first kappa shape index (κ1) is 18.9. The molecule has 1 aliphatic carbocycles. The predicted molar refractivity (Wildman–Crippen MR) is 116 cm³/mol. The molecule has 154 valence electrons. The van der Waals surface area contributed by atoms with Gasteiger partial charge in [0.25, 0.3) is 0 Å². The molecule has 3 aromatic rings. The van der Waals surface area contributed by atoms with Crippen molar-refractivity contribution in [3.05, 3.63) is 73.1 Å². The van der Waals surface area contributed by atoms with E-state index in [0.29, 0.717) is 24.8 Å². The third kappa shape index (κ3) is 3.59. The Balaban J connectivity index is 1.30. The third-order valence-electron chi connectivity index (χ3n) is 6.48. The molecule has 2 N–H and O–H groups in total. The lowest BCUT2D eigenvalue weighted by Crippen LogP contribution is -2.36. The van der Waals surface area contributed by atoms with Crippen LogP contribution in [0.5, 0.6) is 0 Å². The molecule has 2 amide bonds. The summed E-state index contributed by atoms with van der Waals surface area (Å²) < 4.78 is 2.11. The number of amides is 2. The molecule has 2 aromatic carbocycles. The standard InChI is InChI=1S/C24H26N4O2/c29-22-14-19-16-27(24(30)26-20-9-5-2-6-10-20)15-18(19)13-21(22)28-12-11-25-23(28)17-7-3-1-4-8-17/h1-12,18-19,21-22,29H,13-16H2,(H,26,30)/t18-,19+,21-,22-/m0/s1. The van der Waals surface area contributed by atoms with Gasteiger partial charge in [0, 0.05) is 36.7 Å². The highest BCUT2D eigenvalue weighted by molar-refractivity contribution is 5.89. The van der Waals surface area contributed by atoms with Gasteiger partial charge in [-0.3, -0.25) is 0 Å². The minimum atomic E-state index is -0.444. The van der Waals surface area contributed by atoms with Crippen LogP contribution in [0.2, 0.25) is 0 Å². The fourth-order valence-electron chi connectivity index (χ4n) is 4.99. The number of hydrogen-bond donors (Lipinski definition) is 2. The zero-order valence-corrected chi connectivity index (χ0v) is 16.8. The average molecular weight is 402 g/mol. The van der Waals surface area contributed by atoms with Crippen LogP contribution in [0.3, 0.4) is 0 Å². The second kappa shape index (κ2) is 7.95. The number of carbonyl (C=O) groups excluding carboxylic acids is 1. The zero-order valence-electron chi connectivity index (χ0n) is 16.8. The van der Waals surface area contributed by atoms with Gasteiger partial charge in [0.1, 0.15) is 5.82 Å². The van der Waals surface area contributed by atoms with Gasteiger partial charge in [-0.1, -0.05) is 48.5 Å². The summed E-state index contributed by atoms with van der Waals surface area (Å²) in [6.07, 6.45) is 4.87. The van der Waals surface area contributed by atoms with E-state index in [1.54, 1.807) is 6.20 Å². The lowest BCUT2D eigenvalue weighted by molar-refractivity contribution is 0.0365. The van der Waals surface area contributed by atoms with Gasteiger partial charge in [0.05, 0.1) is 12.1 Å². The number of aliphatic hydroxyl groups is 1. The Morgan fingerprint density at radius 2 is 1.63 bits per heavy atom. The number of anilines is 1. The smallest absolute Gasteiger partial charge is 0.321 e. The molecule has 0 unspecified atom stereocenters. The lowest BCUT2D eigenvalue weighted by Gasteiger charge is -2.36. The van der Waals surface area contributed by atoms with Crippen molar-refractivity contribution in [1.29, 1.82) is 0 Å². The molecule has 0 bridgehead atoms. The number of nitrogens with one attached hydrogen (secondary N) is 1. The topological polar surface area (TPSA) is 70.4 Å². The minimum Gasteiger partial charge on any atom is -0.391 e. The maximum absolute atomic E-state index is 12.7. The van der Waals surface area contributed by atoms with Crippen LogP contribution in [0, 0.1) is 11.8 Å². The van der Waals surface area contributed by atoms with E-state index in [1.807, 2.05) is 71.8 Å². The first-order chi connectivity index (χ1) is 14.7. The SMILES string of the molecule is O=C(Nc1ccccc1)N1C[C@H]2C[C@H](O)[C@@H](n3ccnc3-c3ccccc3)C[C@H]2C1. The van der Waals surface area contributed by atoms with Crippen LogP contribution in [0.15, 0.2) is 73.1 Å². The van der Waals surface area contributed by atoms with E-state index in [9.17, 15) is 9.90 Å². The van der Waals surface area contributed by atoms with Crippen LogP contribution >= 0.6 is 0 Å². The predicted octanol–water partition coefficient (Wildman–Crippen LogP) is 4.03. The number of nitrogens with zero attached hydrogens (tertiary/aromatic N) is 3. The van der Waals surface area contributed by atoms with E-state index in [4.69, 9.17) is 0 Å². The van der Waals surface area contributed by atoms with Gasteiger partial charge >= 0.3 is 6.03 Å². The zero-order chi connectivity index (χ0) is 20.5. The second-order valence-corrected chi connectivity index (χ2v) is 8.35. The fourth-order valence-corrected chi connectivity index (χ4v) is 4.99. The third-order valence-corrected chi connectivity index (χ3v) is 6.48. The molecule has 6 nitrogen and oxygen atoms in total. The summed E-state index contributed by atoms with van der Waals surface area (Å²) in [6.45, 7) is 1.42. The second-order valence-electron chi connectivity index (χ2n) is 8.35. The molecule has 2 heterocycles. The van der Waals surface area contributed by atoms with Gasteiger partial charge in [0.15, 0.2) is 0 Å². The number of likely N-dealkylation sites (tertiary alicyclic amines) is 1. The van der Waals surface area contributed by atoms with Gasteiger partial charge in [-0.15, -0.1) is 0 Å². The van der Waals surface area contributed by atoms with E-state index in [1.165, 1.54) is 0 Å². The van der Waals surface area contributed by atoms with Crippen molar-refractivity contribution in [2.45, 2.75) is 25.0 Å². The van der Waals surface area contributed by atoms with Crippen molar-refractivity contribution >= 4 is 11.7 Å². The van der Waals surface area contributed by atoms with E-state index >= 15 is 0 Å². The number of imidazole rings is 1. The number of aromatic nitrogens is 2. The molecule has 2 aliphatic rings. The number of fused-ring (bicyclic) bond motifs is 1. The van der Waals surface area contributed by atoms with Crippen molar-refractivity contribution in [2.24, 2.45) is 11.8 Å². The first-order valence-electron chi connectivity index (χ1n) is 10.6. The van der Waals surface area contributed by atoms with E-state index in [0.717, 1.165) is 30.0 Å². The van der Waals surface area contributed by atoms with Crippen LogP contribution in [-0.2, 0) is 0 Å². The lowest BCUT2D eigenvalue weighted by atomic mass is 9.77. The Kier molecular flexibility index (Phi) is 5.01. The van der Waals surface area contributed by atoms with Crippen molar-refractivity contribution in [3.8, 4) is 11.4 Å². The van der Waals surface area contributed by atoms with Crippen LogP contribution in [0.4, 0.5) is 10.5 Å². The van der Waals surface area contributed by atoms with E-state index < -0.39 is 6.10 Å². The quantitative estimate of drug-likeness (QED) is 0.695. The Bertz CT molecular complexity index is 1000. The molecule has 0 radical (unpaired) electrons. The highest BCUT2D eigenvalue weighted by Gasteiger charge is 2.44. The summed E-state index contributed by atoms with van der Waals surface area (Å²) in [4.78, 5) is 19.2. The summed E-state index contributed by atoms with van der Waals surface area (Å²) in [5.41, 5.74) is 1.85. The van der Waals surface area contributed by atoms with Gasteiger partial charge in [-0.05, 0) is 36.8 Å². The largest absolute Gasteiger partial charge is 0.391 e. The first-order valence-corrected chi connectivity index (χ1v) is 10.6. The van der Waals surface area contributed by atoms with Crippen molar-refractivity contribution in [1.82, 2.24) is 14.5 Å². The average Bonchev–Trinajstić information content (AvgIpc) is 3.41. The molecule has 5 rings (SSSR count). The number of rotatable bonds is 3. The highest BCUT2D eigenvalue weighted by Crippen LogP contribution is 2.42. The number of urea groups is 1. The van der Waals surface area contributed by atoms with Crippen LogP contribution < -0.4 is 5.32 Å². The van der Waals surface area contributed by atoms with Gasteiger partial charge < -0.3 is 19.9 Å². The van der Waals surface area contributed by atoms with Crippen molar-refractivity contribution < 1.29 is 9.90 Å². The Labute approximate surface area is 176 Å². The maximum atomic E-state index is 12.7. The Morgan fingerprint density at radius 1 is 0.967 bits per heavy atom. The Hall–Kier alpha value is -3.12. The number of hydrogen-bond acceptors (Lipinski definition) is 3. The number of para-hydroxylation sites is 1. The molecule has 1 aliphatic heterocycles. The number of carbonyl (C=O) groups is 1.